The zero-order valence-electron chi connectivity index (χ0n) is 13.0. The summed E-state index contributed by atoms with van der Waals surface area (Å²) in [4.78, 5) is 11.3. The van der Waals surface area contributed by atoms with E-state index in [9.17, 15) is 0 Å². The highest BCUT2D eigenvalue weighted by Crippen LogP contribution is 2.20. The fourth-order valence-electron chi connectivity index (χ4n) is 2.41. The summed E-state index contributed by atoms with van der Waals surface area (Å²) in [6.45, 7) is 1.99. The van der Waals surface area contributed by atoms with E-state index < -0.39 is 0 Å². The summed E-state index contributed by atoms with van der Waals surface area (Å²) in [6.07, 6.45) is 4.97. The largest absolute Gasteiger partial charge is 0.370 e. The molecule has 3 rings (SSSR count). The minimum absolute atomic E-state index is 0.905. The van der Waals surface area contributed by atoms with E-state index in [-0.39, 0.29) is 0 Å². The molecule has 0 aliphatic carbocycles. The van der Waals surface area contributed by atoms with Crippen LogP contribution in [0.5, 0.6) is 0 Å². The molecule has 0 saturated heterocycles. The number of anilines is 1. The van der Waals surface area contributed by atoms with Gasteiger partial charge in [0.15, 0.2) is 0 Å². The smallest absolute Gasteiger partial charge is 0.137 e. The van der Waals surface area contributed by atoms with Crippen LogP contribution in [0.3, 0.4) is 0 Å². The first kappa shape index (κ1) is 14.5. The molecule has 0 fully saturated rings. The molecule has 22 heavy (non-hydrogen) atoms. The highest BCUT2D eigenvalue weighted by molar-refractivity contribution is 5.61. The number of hydrogen-bond donors (Lipinski definition) is 1. The van der Waals surface area contributed by atoms with Crippen LogP contribution in [0, 0.1) is 0 Å². The molecule has 0 aliphatic heterocycles. The Bertz CT molecular complexity index is 747. The standard InChI is InChI=1S/C17H21N5/c1-21(2)11-6-10-18-16-8-5-7-14(20-16)15-13-19-17-9-3-4-12-22(15)17/h3-5,7-9,12-13H,6,10-11H2,1-2H3,(H,18,20). The Kier molecular flexibility index (Phi) is 4.34. The fraction of sp³-hybridized carbons (Fsp3) is 0.294. The number of pyridine rings is 2. The van der Waals surface area contributed by atoms with Crippen LogP contribution in [0.4, 0.5) is 5.82 Å². The van der Waals surface area contributed by atoms with Gasteiger partial charge in [0.05, 0.1) is 17.6 Å². The first-order valence-corrected chi connectivity index (χ1v) is 7.52. The van der Waals surface area contributed by atoms with E-state index in [4.69, 9.17) is 4.98 Å². The van der Waals surface area contributed by atoms with Crippen LogP contribution in [-0.4, -0.2) is 46.5 Å². The Hall–Kier alpha value is -2.40. The van der Waals surface area contributed by atoms with Crippen molar-refractivity contribution in [3.63, 3.8) is 0 Å². The molecular weight excluding hydrogens is 274 g/mol. The maximum atomic E-state index is 4.70. The quantitative estimate of drug-likeness (QED) is 0.710. The van der Waals surface area contributed by atoms with Gasteiger partial charge in [0, 0.05) is 12.7 Å². The third-order valence-corrected chi connectivity index (χ3v) is 3.52. The lowest BCUT2D eigenvalue weighted by Crippen LogP contribution is -2.16. The molecule has 5 nitrogen and oxygen atoms in total. The van der Waals surface area contributed by atoms with Crippen molar-refractivity contribution in [2.24, 2.45) is 0 Å². The molecule has 5 heteroatoms. The van der Waals surface area contributed by atoms with Crippen LogP contribution < -0.4 is 5.32 Å². The summed E-state index contributed by atoms with van der Waals surface area (Å²) in [5.41, 5.74) is 2.87. The van der Waals surface area contributed by atoms with Gasteiger partial charge in [-0.05, 0) is 51.3 Å². The van der Waals surface area contributed by atoms with E-state index in [0.717, 1.165) is 42.4 Å². The van der Waals surface area contributed by atoms with Gasteiger partial charge < -0.3 is 10.2 Å². The van der Waals surface area contributed by atoms with Crippen molar-refractivity contribution in [2.45, 2.75) is 6.42 Å². The molecule has 3 aromatic rings. The van der Waals surface area contributed by atoms with E-state index in [1.165, 1.54) is 0 Å². The van der Waals surface area contributed by atoms with E-state index in [1.54, 1.807) is 0 Å². The zero-order valence-corrected chi connectivity index (χ0v) is 13.0. The molecule has 0 saturated carbocycles. The van der Waals surface area contributed by atoms with E-state index >= 15 is 0 Å². The first-order chi connectivity index (χ1) is 10.7. The van der Waals surface area contributed by atoms with Gasteiger partial charge in [0.25, 0.3) is 0 Å². The van der Waals surface area contributed by atoms with Gasteiger partial charge in [-0.1, -0.05) is 12.1 Å². The van der Waals surface area contributed by atoms with Crippen molar-refractivity contribution in [2.75, 3.05) is 32.5 Å². The van der Waals surface area contributed by atoms with Crippen LogP contribution in [0.1, 0.15) is 6.42 Å². The lowest BCUT2D eigenvalue weighted by molar-refractivity contribution is 0.405. The van der Waals surface area contributed by atoms with Crippen molar-refractivity contribution < 1.29 is 0 Å². The third kappa shape index (κ3) is 3.26. The molecule has 1 N–H and O–H groups in total. The Labute approximate surface area is 130 Å². The van der Waals surface area contributed by atoms with Crippen molar-refractivity contribution in [1.82, 2.24) is 19.3 Å². The lowest BCUT2D eigenvalue weighted by atomic mass is 10.3. The van der Waals surface area contributed by atoms with Crippen molar-refractivity contribution in [1.29, 1.82) is 0 Å². The first-order valence-electron chi connectivity index (χ1n) is 7.52. The normalized spacial score (nSPS) is 11.2. The van der Waals surface area contributed by atoms with Crippen LogP contribution in [0.2, 0.25) is 0 Å². The molecule has 0 amide bonds. The maximum Gasteiger partial charge on any atom is 0.137 e. The molecule has 0 unspecified atom stereocenters. The van der Waals surface area contributed by atoms with Crippen molar-refractivity contribution >= 4 is 11.5 Å². The molecule has 0 atom stereocenters. The number of nitrogens with zero attached hydrogens (tertiary/aromatic N) is 4. The average Bonchev–Trinajstić information content (AvgIpc) is 2.96. The number of fused-ring (bicyclic) bond motifs is 1. The molecule has 0 bridgehead atoms. The molecule has 3 heterocycles. The van der Waals surface area contributed by atoms with Gasteiger partial charge >= 0.3 is 0 Å². The molecule has 0 radical (unpaired) electrons. The van der Waals surface area contributed by atoms with Gasteiger partial charge in [-0.25, -0.2) is 9.97 Å². The minimum atomic E-state index is 0.905. The summed E-state index contributed by atoms with van der Waals surface area (Å²) < 4.78 is 2.05. The second-order valence-electron chi connectivity index (χ2n) is 5.56. The molecular formula is C17H21N5. The van der Waals surface area contributed by atoms with Crippen molar-refractivity contribution in [3.8, 4) is 11.4 Å². The predicted octanol–water partition coefficient (Wildman–Crippen LogP) is 2.76. The van der Waals surface area contributed by atoms with E-state index in [0.29, 0.717) is 0 Å². The highest BCUT2D eigenvalue weighted by atomic mass is 15.1. The summed E-state index contributed by atoms with van der Waals surface area (Å²) in [5, 5.41) is 3.38. The summed E-state index contributed by atoms with van der Waals surface area (Å²) >= 11 is 0. The Morgan fingerprint density at radius 1 is 1.14 bits per heavy atom. The Balaban J connectivity index is 1.76. The number of nitrogens with one attached hydrogen (secondary N) is 1. The summed E-state index contributed by atoms with van der Waals surface area (Å²) in [7, 11) is 4.17. The number of rotatable bonds is 6. The van der Waals surface area contributed by atoms with Gasteiger partial charge in [-0.15, -0.1) is 0 Å². The SMILES string of the molecule is CN(C)CCCNc1cccc(-c2cnc3ccccn23)n1. The van der Waals surface area contributed by atoms with Crippen LogP contribution in [0.25, 0.3) is 17.0 Å². The third-order valence-electron chi connectivity index (χ3n) is 3.52. The van der Waals surface area contributed by atoms with Crippen LogP contribution in [-0.2, 0) is 0 Å². The van der Waals surface area contributed by atoms with Gasteiger partial charge in [0.2, 0.25) is 0 Å². The second-order valence-corrected chi connectivity index (χ2v) is 5.56. The highest BCUT2D eigenvalue weighted by Gasteiger charge is 2.07. The Morgan fingerprint density at radius 2 is 2.05 bits per heavy atom. The summed E-state index contributed by atoms with van der Waals surface area (Å²) in [6, 6.07) is 12.0. The van der Waals surface area contributed by atoms with Crippen LogP contribution >= 0.6 is 0 Å². The topological polar surface area (TPSA) is 45.5 Å². The lowest BCUT2D eigenvalue weighted by Gasteiger charge is -2.10. The molecule has 114 valence electrons. The van der Waals surface area contributed by atoms with Crippen molar-refractivity contribution in [3.05, 3.63) is 48.8 Å². The monoisotopic (exact) mass is 295 g/mol. The molecule has 0 aromatic carbocycles. The predicted molar refractivity (Wildman–Crippen MR) is 90.1 cm³/mol. The van der Waals surface area contributed by atoms with Crippen LogP contribution in [0.15, 0.2) is 48.8 Å². The van der Waals surface area contributed by atoms with E-state index in [1.807, 2.05) is 48.8 Å². The maximum absolute atomic E-state index is 4.70. The van der Waals surface area contributed by atoms with E-state index in [2.05, 4.69) is 33.7 Å². The molecule has 3 aromatic heterocycles. The fourth-order valence-corrected chi connectivity index (χ4v) is 2.41. The van der Waals surface area contributed by atoms with Gasteiger partial charge in [0.1, 0.15) is 11.5 Å². The average molecular weight is 295 g/mol. The molecule has 0 spiro atoms. The number of aromatic nitrogens is 3. The van der Waals surface area contributed by atoms with Gasteiger partial charge in [-0.3, -0.25) is 4.40 Å². The Morgan fingerprint density at radius 3 is 2.91 bits per heavy atom. The molecule has 0 aliphatic rings. The number of imidazole rings is 1. The summed E-state index contributed by atoms with van der Waals surface area (Å²) in [5.74, 6) is 0.905. The minimum Gasteiger partial charge on any atom is -0.370 e. The van der Waals surface area contributed by atoms with Gasteiger partial charge in [-0.2, -0.15) is 0 Å². The second kappa shape index (κ2) is 6.58. The zero-order chi connectivity index (χ0) is 15.4. The number of hydrogen-bond acceptors (Lipinski definition) is 4.